The number of nitrogens with zero attached hydrogens (tertiary/aromatic N) is 6. The highest BCUT2D eigenvalue weighted by Crippen LogP contribution is 2.32. The number of hydrogen-bond acceptors (Lipinski definition) is 6. The fourth-order valence-electron chi connectivity index (χ4n) is 2.85. The molecule has 4 heterocycles. The van der Waals surface area contributed by atoms with Crippen molar-refractivity contribution in [3.63, 3.8) is 0 Å². The molecule has 4 rings (SSSR count). The summed E-state index contributed by atoms with van der Waals surface area (Å²) in [7, 11) is 0. The molecule has 0 radical (unpaired) electrons. The Bertz CT molecular complexity index is 982. The summed E-state index contributed by atoms with van der Waals surface area (Å²) in [6.07, 6.45) is 2.44. The second-order valence-electron chi connectivity index (χ2n) is 7.16. The van der Waals surface area contributed by atoms with Crippen molar-refractivity contribution in [2.24, 2.45) is 0 Å². The van der Waals surface area contributed by atoms with Crippen molar-refractivity contribution in [3.8, 4) is 0 Å². The van der Waals surface area contributed by atoms with Gasteiger partial charge in [-0.15, -0.1) is 0 Å². The van der Waals surface area contributed by atoms with Crippen LogP contribution in [0.15, 0.2) is 24.7 Å². The lowest BCUT2D eigenvalue weighted by Crippen LogP contribution is -2.34. The minimum atomic E-state index is -0.680. The summed E-state index contributed by atoms with van der Waals surface area (Å²) in [5.41, 5.74) is 1.10. The molecule has 0 N–H and O–H groups in total. The van der Waals surface area contributed by atoms with E-state index in [9.17, 15) is 4.79 Å². The molecule has 1 amide bonds. The molecule has 0 spiro atoms. The van der Waals surface area contributed by atoms with Crippen LogP contribution in [0, 0.1) is 0 Å². The normalized spacial score (nSPS) is 14.2. The summed E-state index contributed by atoms with van der Waals surface area (Å²) in [6.45, 7) is 7.05. The lowest BCUT2D eigenvalue weighted by atomic mass is 10.2. The van der Waals surface area contributed by atoms with Crippen molar-refractivity contribution in [3.05, 3.63) is 35.4 Å². The van der Waals surface area contributed by atoms with Crippen LogP contribution in [0.5, 0.6) is 0 Å². The number of halogens is 1. The Morgan fingerprint density at radius 2 is 2.19 bits per heavy atom. The average Bonchev–Trinajstić information content (AvgIpc) is 3.19. The molecular formula is C17H19ClN6O3. The number of anilines is 2. The Balaban J connectivity index is 1.86. The van der Waals surface area contributed by atoms with E-state index in [4.69, 9.17) is 21.1 Å². The van der Waals surface area contributed by atoms with E-state index < -0.39 is 11.7 Å². The molecule has 1 aliphatic heterocycles. The fourth-order valence-corrected chi connectivity index (χ4v) is 3.05. The molecule has 0 saturated carbocycles. The topological polar surface area (TPSA) is 86.8 Å². The van der Waals surface area contributed by atoms with E-state index in [1.54, 1.807) is 39.1 Å². The Morgan fingerprint density at radius 1 is 1.37 bits per heavy atom. The second-order valence-corrected chi connectivity index (χ2v) is 7.59. The number of amides is 1. The molecular weight excluding hydrogens is 372 g/mol. The van der Waals surface area contributed by atoms with Crippen LogP contribution in [-0.4, -0.2) is 42.7 Å². The van der Waals surface area contributed by atoms with Gasteiger partial charge in [0.15, 0.2) is 11.5 Å². The predicted molar refractivity (Wildman–Crippen MR) is 98.3 cm³/mol. The maximum Gasteiger partial charge on any atom is 0.420 e. The summed E-state index contributed by atoms with van der Waals surface area (Å²) < 4.78 is 14.4. The molecule has 9 nitrogen and oxygen atoms in total. The van der Waals surface area contributed by atoms with Gasteiger partial charge in [0.2, 0.25) is 0 Å². The highest BCUT2D eigenvalue weighted by molar-refractivity contribution is 6.31. The molecule has 0 fully saturated rings. The molecule has 10 heteroatoms. The average molecular weight is 391 g/mol. The molecule has 27 heavy (non-hydrogen) atoms. The number of carbonyl (C=O) groups excluding carboxylic acids is 1. The Hall–Kier alpha value is -2.65. The van der Waals surface area contributed by atoms with Crippen LogP contribution in [0.4, 0.5) is 16.3 Å². The lowest BCUT2D eigenvalue weighted by molar-refractivity contribution is 0.0598. The Labute approximate surface area is 160 Å². The first kappa shape index (κ1) is 17.7. The SMILES string of the molecule is CC(C)(C)OC(=O)N(c1cc2n(n1)CCOC2)c1cc(Cl)cn2ncnc12. The van der Waals surface area contributed by atoms with Crippen molar-refractivity contribution in [2.75, 3.05) is 11.5 Å². The van der Waals surface area contributed by atoms with Gasteiger partial charge in [0.1, 0.15) is 17.6 Å². The predicted octanol–water partition coefficient (Wildman–Crippen LogP) is 3.18. The summed E-state index contributed by atoms with van der Waals surface area (Å²) in [6, 6.07) is 3.45. The molecule has 0 aromatic carbocycles. The Kier molecular flexibility index (Phi) is 4.27. The van der Waals surface area contributed by atoms with Crippen LogP contribution in [0.2, 0.25) is 5.02 Å². The van der Waals surface area contributed by atoms with Crippen LogP contribution in [0.25, 0.3) is 5.65 Å². The zero-order valence-electron chi connectivity index (χ0n) is 15.2. The van der Waals surface area contributed by atoms with Crippen LogP contribution in [0.1, 0.15) is 26.5 Å². The van der Waals surface area contributed by atoms with E-state index in [1.165, 1.54) is 15.7 Å². The molecule has 0 atom stereocenters. The van der Waals surface area contributed by atoms with E-state index in [-0.39, 0.29) is 0 Å². The highest BCUT2D eigenvalue weighted by Gasteiger charge is 2.30. The van der Waals surface area contributed by atoms with Gasteiger partial charge in [-0.3, -0.25) is 4.68 Å². The lowest BCUT2D eigenvalue weighted by Gasteiger charge is -2.26. The molecule has 0 saturated heterocycles. The van der Waals surface area contributed by atoms with Crippen molar-refractivity contribution >= 4 is 34.8 Å². The smallest absolute Gasteiger partial charge is 0.420 e. The van der Waals surface area contributed by atoms with Gasteiger partial charge in [0.25, 0.3) is 0 Å². The molecule has 3 aromatic rings. The van der Waals surface area contributed by atoms with Crippen molar-refractivity contribution < 1.29 is 14.3 Å². The molecule has 0 aliphatic carbocycles. The first-order valence-corrected chi connectivity index (χ1v) is 8.86. The maximum absolute atomic E-state index is 13.1. The van der Waals surface area contributed by atoms with Crippen molar-refractivity contribution in [1.29, 1.82) is 0 Å². The van der Waals surface area contributed by atoms with Gasteiger partial charge in [-0.2, -0.15) is 10.2 Å². The van der Waals surface area contributed by atoms with E-state index in [0.29, 0.717) is 41.9 Å². The summed E-state index contributed by atoms with van der Waals surface area (Å²) in [5, 5.41) is 9.08. The van der Waals surface area contributed by atoms with Crippen LogP contribution >= 0.6 is 11.6 Å². The van der Waals surface area contributed by atoms with E-state index in [1.807, 2.05) is 4.68 Å². The van der Waals surface area contributed by atoms with E-state index in [2.05, 4.69) is 15.2 Å². The third kappa shape index (κ3) is 3.47. The van der Waals surface area contributed by atoms with Crippen LogP contribution in [0.3, 0.4) is 0 Å². The first-order valence-electron chi connectivity index (χ1n) is 8.48. The number of rotatable bonds is 2. The van der Waals surface area contributed by atoms with Gasteiger partial charge in [-0.1, -0.05) is 11.6 Å². The van der Waals surface area contributed by atoms with Gasteiger partial charge in [0, 0.05) is 12.3 Å². The van der Waals surface area contributed by atoms with Gasteiger partial charge in [-0.05, 0) is 26.8 Å². The van der Waals surface area contributed by atoms with Gasteiger partial charge < -0.3 is 9.47 Å². The number of aromatic nitrogens is 5. The van der Waals surface area contributed by atoms with Gasteiger partial charge in [0.05, 0.1) is 30.5 Å². The minimum absolute atomic E-state index is 0.406. The first-order chi connectivity index (χ1) is 12.8. The number of pyridine rings is 1. The van der Waals surface area contributed by atoms with E-state index in [0.717, 1.165) is 5.69 Å². The second kappa shape index (κ2) is 6.50. The highest BCUT2D eigenvalue weighted by atomic mass is 35.5. The zero-order chi connectivity index (χ0) is 19.2. The Morgan fingerprint density at radius 3 is 2.93 bits per heavy atom. The number of carbonyl (C=O) groups is 1. The fraction of sp³-hybridized carbons (Fsp3) is 0.412. The van der Waals surface area contributed by atoms with Crippen molar-refractivity contribution in [1.82, 2.24) is 24.4 Å². The molecule has 3 aromatic heterocycles. The van der Waals surface area contributed by atoms with Gasteiger partial charge in [-0.25, -0.2) is 19.2 Å². The number of fused-ring (bicyclic) bond motifs is 2. The maximum atomic E-state index is 13.1. The third-order valence-electron chi connectivity index (χ3n) is 3.92. The minimum Gasteiger partial charge on any atom is -0.443 e. The van der Waals surface area contributed by atoms with Crippen LogP contribution in [-0.2, 0) is 22.6 Å². The number of hydrogen-bond donors (Lipinski definition) is 0. The monoisotopic (exact) mass is 390 g/mol. The largest absolute Gasteiger partial charge is 0.443 e. The summed E-state index contributed by atoms with van der Waals surface area (Å²) in [4.78, 5) is 18.7. The molecule has 0 unspecified atom stereocenters. The van der Waals surface area contributed by atoms with Gasteiger partial charge >= 0.3 is 6.09 Å². The zero-order valence-corrected chi connectivity index (χ0v) is 16.0. The standard InChI is InChI=1S/C17H19ClN6O3/c1-17(2,3)27-16(25)24(14-7-12-9-26-5-4-22(12)21-14)13-6-11(18)8-23-15(13)19-10-20-23/h6-8,10H,4-5,9H2,1-3H3. The summed E-state index contributed by atoms with van der Waals surface area (Å²) >= 11 is 6.24. The van der Waals surface area contributed by atoms with E-state index >= 15 is 0 Å². The van der Waals surface area contributed by atoms with Crippen molar-refractivity contribution in [2.45, 2.75) is 39.5 Å². The molecule has 142 valence electrons. The molecule has 1 aliphatic rings. The van der Waals surface area contributed by atoms with Crippen LogP contribution < -0.4 is 4.90 Å². The molecule has 0 bridgehead atoms. The quantitative estimate of drug-likeness (QED) is 0.667. The summed E-state index contributed by atoms with van der Waals surface area (Å²) in [5.74, 6) is 0.414. The number of ether oxygens (including phenoxy) is 2. The third-order valence-corrected chi connectivity index (χ3v) is 4.12.